The van der Waals surface area contributed by atoms with Gasteiger partial charge in [0.2, 0.25) is 0 Å². The third kappa shape index (κ3) is 4.87. The summed E-state index contributed by atoms with van der Waals surface area (Å²) in [5, 5.41) is 1.08. The molecule has 18 heavy (non-hydrogen) atoms. The van der Waals surface area contributed by atoms with Gasteiger partial charge < -0.3 is 18.3 Å². The summed E-state index contributed by atoms with van der Waals surface area (Å²) in [6.07, 6.45) is 0. The molecule has 0 aromatic heterocycles. The Morgan fingerprint density at radius 1 is 1.00 bits per heavy atom. The van der Waals surface area contributed by atoms with Gasteiger partial charge in [-0.3, -0.25) is 0 Å². The van der Waals surface area contributed by atoms with Gasteiger partial charge in [-0.05, 0) is 11.7 Å². The normalized spacial score (nSPS) is 11.7. The number of methoxy groups -OCH3 is 1. The van der Waals surface area contributed by atoms with E-state index < -0.39 is 8.56 Å². The van der Waals surface area contributed by atoms with Gasteiger partial charge >= 0.3 is 8.56 Å². The molecular formula is C13H20O4Si. The number of rotatable bonds is 9. The Bertz CT molecular complexity index is 308. The smallest absolute Gasteiger partial charge is 0.369 e. The maximum absolute atomic E-state index is 5.90. The highest BCUT2D eigenvalue weighted by atomic mass is 28.4. The summed E-state index contributed by atoms with van der Waals surface area (Å²) in [5.74, 6) is 0. The van der Waals surface area contributed by atoms with Crippen molar-refractivity contribution < 1.29 is 18.3 Å². The van der Waals surface area contributed by atoms with E-state index in [9.17, 15) is 0 Å². The standard InChI is InChI=1S/C13H20O4Si/c1-14-9-11-16-18(3,17-12-10-15-2)13-7-5-4-6-8-13/h1,4-8H,9-12H2,2-3H3. The first kappa shape index (κ1) is 15.3. The highest BCUT2D eigenvalue weighted by Crippen LogP contribution is 2.08. The molecule has 4 nitrogen and oxygen atoms in total. The van der Waals surface area contributed by atoms with E-state index in [-0.39, 0.29) is 0 Å². The van der Waals surface area contributed by atoms with Crippen LogP contribution >= 0.6 is 0 Å². The van der Waals surface area contributed by atoms with Gasteiger partial charge in [0.15, 0.2) is 0 Å². The largest absolute Gasteiger partial charge is 0.389 e. The van der Waals surface area contributed by atoms with Crippen molar-refractivity contribution in [1.82, 2.24) is 0 Å². The van der Waals surface area contributed by atoms with Crippen LogP contribution in [0.2, 0.25) is 6.55 Å². The van der Waals surface area contributed by atoms with E-state index in [1.54, 1.807) is 7.11 Å². The molecule has 0 N–H and O–H groups in total. The minimum absolute atomic E-state index is 0.350. The second kappa shape index (κ2) is 8.39. The molecule has 0 aliphatic rings. The highest BCUT2D eigenvalue weighted by Gasteiger charge is 2.34. The van der Waals surface area contributed by atoms with Crippen LogP contribution in [0.1, 0.15) is 0 Å². The molecule has 100 valence electrons. The first-order valence-corrected chi connectivity index (χ1v) is 8.18. The molecule has 0 bridgehead atoms. The average Bonchev–Trinajstić information content (AvgIpc) is 2.40. The fourth-order valence-corrected chi connectivity index (χ4v) is 3.71. The van der Waals surface area contributed by atoms with Crippen LogP contribution in [-0.4, -0.2) is 42.1 Å². The van der Waals surface area contributed by atoms with Gasteiger partial charge in [-0.1, -0.05) is 30.3 Å². The fraction of sp³-hybridized carbons (Fsp3) is 0.462. The van der Waals surface area contributed by atoms with Crippen molar-refractivity contribution in [2.45, 2.75) is 6.55 Å². The molecule has 0 spiro atoms. The van der Waals surface area contributed by atoms with Gasteiger partial charge in [0, 0.05) is 7.11 Å². The number of hydrogen-bond donors (Lipinski definition) is 0. The summed E-state index contributed by atoms with van der Waals surface area (Å²) in [6.45, 7) is 3.84. The van der Waals surface area contributed by atoms with Crippen LogP contribution in [0.4, 0.5) is 0 Å². The van der Waals surface area contributed by atoms with Crippen molar-refractivity contribution in [2.24, 2.45) is 0 Å². The molecule has 5 heteroatoms. The van der Waals surface area contributed by atoms with Crippen LogP contribution < -0.4 is 5.19 Å². The Kier molecular flexibility index (Phi) is 7.15. The first-order valence-electron chi connectivity index (χ1n) is 5.87. The Hall–Kier alpha value is -0.723. The molecule has 1 aromatic carbocycles. The van der Waals surface area contributed by atoms with Gasteiger partial charge in [-0.15, -0.1) is 0 Å². The van der Waals surface area contributed by atoms with Crippen molar-refractivity contribution in [3.05, 3.63) is 37.4 Å². The number of ether oxygens (including phenoxy) is 2. The molecule has 0 fully saturated rings. The number of hydrogen-bond acceptors (Lipinski definition) is 4. The second-order valence-corrected chi connectivity index (χ2v) is 6.92. The number of benzene rings is 1. The zero-order valence-corrected chi connectivity index (χ0v) is 11.9. The predicted molar refractivity (Wildman–Crippen MR) is 71.7 cm³/mol. The van der Waals surface area contributed by atoms with Gasteiger partial charge in [-0.2, -0.15) is 0 Å². The van der Waals surface area contributed by atoms with Crippen LogP contribution in [0.3, 0.4) is 0 Å². The van der Waals surface area contributed by atoms with Gasteiger partial charge in [0.1, 0.15) is 7.11 Å². The fourth-order valence-electron chi connectivity index (χ4n) is 1.55. The zero-order valence-electron chi connectivity index (χ0n) is 10.9. The van der Waals surface area contributed by atoms with Crippen molar-refractivity contribution in [2.75, 3.05) is 33.5 Å². The first-order chi connectivity index (χ1) is 8.73. The van der Waals surface area contributed by atoms with Crippen LogP contribution in [0.25, 0.3) is 0 Å². The highest BCUT2D eigenvalue weighted by molar-refractivity contribution is 6.79. The summed E-state index contributed by atoms with van der Waals surface area (Å²) < 4.78 is 21.3. The van der Waals surface area contributed by atoms with Gasteiger partial charge in [0.25, 0.3) is 0 Å². The third-order valence-electron chi connectivity index (χ3n) is 2.54. The molecule has 2 radical (unpaired) electrons. The Labute approximate surface area is 110 Å². The van der Waals surface area contributed by atoms with E-state index in [2.05, 4.69) is 4.74 Å². The van der Waals surface area contributed by atoms with Crippen molar-refractivity contribution in [1.29, 1.82) is 0 Å². The Morgan fingerprint density at radius 2 is 1.61 bits per heavy atom. The molecule has 1 unspecified atom stereocenters. The summed E-state index contributed by atoms with van der Waals surface area (Å²) in [6, 6.07) is 9.95. The van der Waals surface area contributed by atoms with E-state index in [4.69, 9.17) is 20.7 Å². The van der Waals surface area contributed by atoms with Crippen LogP contribution in [0.5, 0.6) is 0 Å². The second-order valence-electron chi connectivity index (χ2n) is 3.87. The molecule has 0 saturated heterocycles. The minimum atomic E-state index is -2.42. The summed E-state index contributed by atoms with van der Waals surface area (Å²) in [7, 11) is 4.22. The topological polar surface area (TPSA) is 36.9 Å². The average molecular weight is 268 g/mol. The Morgan fingerprint density at radius 3 is 2.17 bits per heavy atom. The summed E-state index contributed by atoms with van der Waals surface area (Å²) >= 11 is 0. The molecule has 1 atom stereocenters. The molecule has 0 saturated carbocycles. The Balaban J connectivity index is 2.67. The van der Waals surface area contributed by atoms with Crippen LogP contribution in [0, 0.1) is 7.11 Å². The van der Waals surface area contributed by atoms with E-state index in [0.29, 0.717) is 26.4 Å². The lowest BCUT2D eigenvalue weighted by molar-refractivity contribution is 0.101. The molecule has 0 aliphatic carbocycles. The lowest BCUT2D eigenvalue weighted by atomic mass is 10.4. The molecular weight excluding hydrogens is 248 g/mol. The molecule has 0 amide bonds. The van der Waals surface area contributed by atoms with E-state index in [1.807, 2.05) is 36.9 Å². The summed E-state index contributed by atoms with van der Waals surface area (Å²) in [4.78, 5) is 0. The van der Waals surface area contributed by atoms with E-state index >= 15 is 0 Å². The van der Waals surface area contributed by atoms with E-state index in [1.165, 1.54) is 0 Å². The van der Waals surface area contributed by atoms with Gasteiger partial charge in [-0.25, -0.2) is 0 Å². The predicted octanol–water partition coefficient (Wildman–Crippen LogP) is 1.33. The van der Waals surface area contributed by atoms with Crippen molar-refractivity contribution in [3.63, 3.8) is 0 Å². The lowest BCUT2D eigenvalue weighted by Crippen LogP contribution is -2.52. The van der Waals surface area contributed by atoms with Gasteiger partial charge in [0.05, 0.1) is 26.4 Å². The zero-order chi connectivity index (χ0) is 13.3. The molecule has 0 aliphatic heterocycles. The molecule has 1 aromatic rings. The lowest BCUT2D eigenvalue weighted by Gasteiger charge is -2.27. The van der Waals surface area contributed by atoms with Crippen molar-refractivity contribution >= 4 is 13.7 Å². The molecule has 1 rings (SSSR count). The maximum atomic E-state index is 5.90. The minimum Gasteiger partial charge on any atom is -0.389 e. The van der Waals surface area contributed by atoms with Crippen molar-refractivity contribution in [3.8, 4) is 0 Å². The molecule has 0 heterocycles. The monoisotopic (exact) mass is 268 g/mol. The third-order valence-corrected chi connectivity index (χ3v) is 5.43. The summed E-state index contributed by atoms with van der Waals surface area (Å²) in [5.41, 5.74) is 0. The maximum Gasteiger partial charge on any atom is 0.369 e. The SMILES string of the molecule is [CH]OCCO[Si](C)(OCCOC)c1ccccc1. The van der Waals surface area contributed by atoms with Crippen LogP contribution in [-0.2, 0) is 18.3 Å². The van der Waals surface area contributed by atoms with E-state index in [0.717, 1.165) is 5.19 Å². The quantitative estimate of drug-likeness (QED) is 0.500. The van der Waals surface area contributed by atoms with Crippen LogP contribution in [0.15, 0.2) is 30.3 Å².